The molecule has 0 aliphatic carbocycles. The van der Waals surface area contributed by atoms with Gasteiger partial charge in [0.25, 0.3) is 11.7 Å². The molecule has 2 fully saturated rings. The average molecular weight is 382 g/mol. The summed E-state index contributed by atoms with van der Waals surface area (Å²) in [6.07, 6.45) is 3.11. The zero-order valence-electron chi connectivity index (χ0n) is 15.0. The average Bonchev–Trinajstić information content (AvgIpc) is 3.31. The van der Waals surface area contributed by atoms with Gasteiger partial charge in [0.2, 0.25) is 0 Å². The van der Waals surface area contributed by atoms with Gasteiger partial charge in [-0.1, -0.05) is 6.07 Å². The smallest absolute Gasteiger partial charge is 0.295 e. The van der Waals surface area contributed by atoms with Gasteiger partial charge >= 0.3 is 0 Å². The molecule has 0 bridgehead atoms. The van der Waals surface area contributed by atoms with E-state index in [2.05, 4.69) is 4.98 Å². The van der Waals surface area contributed by atoms with Crippen molar-refractivity contribution in [2.75, 3.05) is 13.2 Å². The molecule has 3 heterocycles. The van der Waals surface area contributed by atoms with Crippen LogP contribution < -0.4 is 0 Å². The fourth-order valence-corrected chi connectivity index (χ4v) is 3.68. The lowest BCUT2D eigenvalue weighted by Crippen LogP contribution is -2.36. The highest BCUT2D eigenvalue weighted by molar-refractivity contribution is 6.46. The lowest BCUT2D eigenvalue weighted by molar-refractivity contribution is -0.140. The van der Waals surface area contributed by atoms with Crippen molar-refractivity contribution in [3.8, 4) is 0 Å². The third kappa shape index (κ3) is 3.29. The lowest BCUT2D eigenvalue weighted by Gasteiger charge is -2.26. The van der Waals surface area contributed by atoms with E-state index in [-0.39, 0.29) is 29.5 Å². The van der Waals surface area contributed by atoms with Crippen LogP contribution in [0.25, 0.3) is 5.76 Å². The summed E-state index contributed by atoms with van der Waals surface area (Å²) in [4.78, 5) is 31.3. The maximum Gasteiger partial charge on any atom is 0.295 e. The first-order valence-corrected chi connectivity index (χ1v) is 9.13. The fourth-order valence-electron chi connectivity index (χ4n) is 3.68. The number of hydrogen-bond acceptors (Lipinski definition) is 5. The molecular weight excluding hydrogens is 363 g/mol. The van der Waals surface area contributed by atoms with Crippen LogP contribution in [-0.2, 0) is 14.3 Å². The fraction of sp³-hybridized carbons (Fsp3) is 0.286. The normalized spacial score (nSPS) is 24.1. The van der Waals surface area contributed by atoms with Gasteiger partial charge < -0.3 is 14.7 Å². The summed E-state index contributed by atoms with van der Waals surface area (Å²) in [5.41, 5.74) is 0.689. The third-order valence-electron chi connectivity index (χ3n) is 5.05. The molecule has 2 saturated heterocycles. The molecule has 2 aromatic rings. The van der Waals surface area contributed by atoms with Crippen molar-refractivity contribution in [3.05, 3.63) is 71.3 Å². The molecule has 2 aliphatic heterocycles. The molecule has 2 aliphatic rings. The summed E-state index contributed by atoms with van der Waals surface area (Å²) < 4.78 is 18.9. The first-order chi connectivity index (χ1) is 13.6. The van der Waals surface area contributed by atoms with Crippen LogP contribution in [0.2, 0.25) is 0 Å². The molecule has 0 radical (unpaired) electrons. The number of carbonyl (C=O) groups is 2. The summed E-state index contributed by atoms with van der Waals surface area (Å²) in [5, 5.41) is 10.8. The summed E-state index contributed by atoms with van der Waals surface area (Å²) >= 11 is 0. The van der Waals surface area contributed by atoms with Crippen molar-refractivity contribution in [3.63, 3.8) is 0 Å². The Morgan fingerprint density at radius 1 is 1.21 bits per heavy atom. The maximum atomic E-state index is 13.2. The monoisotopic (exact) mass is 382 g/mol. The van der Waals surface area contributed by atoms with Gasteiger partial charge in [-0.25, -0.2) is 4.39 Å². The number of halogens is 1. The van der Waals surface area contributed by atoms with Gasteiger partial charge in [0, 0.05) is 24.9 Å². The van der Waals surface area contributed by atoms with Gasteiger partial charge in [-0.2, -0.15) is 0 Å². The lowest BCUT2D eigenvalue weighted by atomic mass is 9.98. The molecule has 28 heavy (non-hydrogen) atoms. The Labute approximate surface area is 161 Å². The molecule has 144 valence electrons. The van der Waals surface area contributed by atoms with Crippen molar-refractivity contribution in [2.24, 2.45) is 0 Å². The molecule has 7 heteroatoms. The maximum absolute atomic E-state index is 13.2. The molecule has 4 rings (SSSR count). The zero-order valence-corrected chi connectivity index (χ0v) is 15.0. The van der Waals surface area contributed by atoms with Crippen molar-refractivity contribution in [2.45, 2.75) is 25.0 Å². The molecular formula is C21H19FN2O4. The second kappa shape index (κ2) is 7.52. The second-order valence-electron chi connectivity index (χ2n) is 6.85. The van der Waals surface area contributed by atoms with Gasteiger partial charge in [-0.05, 0) is 49.2 Å². The van der Waals surface area contributed by atoms with Gasteiger partial charge in [0.1, 0.15) is 17.6 Å². The number of aromatic nitrogens is 1. The number of amides is 1. The van der Waals surface area contributed by atoms with E-state index >= 15 is 0 Å². The summed E-state index contributed by atoms with van der Waals surface area (Å²) in [7, 11) is 0. The number of Topliss-reactive ketones (excluding diaryl/α,β-unsaturated/α-hetero) is 1. The molecule has 6 nitrogen and oxygen atoms in total. The number of rotatable bonds is 4. The summed E-state index contributed by atoms with van der Waals surface area (Å²) in [6, 6.07) is 9.48. The third-order valence-corrected chi connectivity index (χ3v) is 5.05. The second-order valence-corrected chi connectivity index (χ2v) is 6.85. The predicted octanol–water partition coefficient (Wildman–Crippen LogP) is 2.82. The SMILES string of the molecule is O=C1C(=O)N(CC2CCCO2)C(c2ccccn2)/C1=C(/O)c1ccc(F)cc1. The number of benzene rings is 1. The van der Waals surface area contributed by atoms with E-state index in [0.717, 1.165) is 12.8 Å². The van der Waals surface area contributed by atoms with E-state index in [1.54, 1.807) is 24.4 Å². The Kier molecular flexibility index (Phi) is 4.92. The molecule has 1 aromatic heterocycles. The van der Waals surface area contributed by atoms with Gasteiger partial charge in [-0.15, -0.1) is 0 Å². The molecule has 2 atom stereocenters. The summed E-state index contributed by atoms with van der Waals surface area (Å²) in [6.45, 7) is 0.866. The van der Waals surface area contributed by atoms with E-state index in [4.69, 9.17) is 4.74 Å². The number of nitrogens with zero attached hydrogens (tertiary/aromatic N) is 2. The van der Waals surface area contributed by atoms with E-state index in [1.165, 1.54) is 29.2 Å². The minimum atomic E-state index is -0.824. The number of ketones is 1. The highest BCUT2D eigenvalue weighted by Crippen LogP contribution is 2.39. The minimum Gasteiger partial charge on any atom is -0.507 e. The number of hydrogen-bond donors (Lipinski definition) is 1. The number of likely N-dealkylation sites (tertiary alicyclic amines) is 1. The minimum absolute atomic E-state index is 0.0479. The van der Waals surface area contributed by atoms with Gasteiger partial charge in [-0.3, -0.25) is 14.6 Å². The molecule has 0 saturated carbocycles. The number of ether oxygens (including phenoxy) is 1. The zero-order chi connectivity index (χ0) is 19.7. The topological polar surface area (TPSA) is 79.7 Å². The highest BCUT2D eigenvalue weighted by Gasteiger charge is 2.47. The number of aliphatic hydroxyl groups excluding tert-OH is 1. The summed E-state index contributed by atoms with van der Waals surface area (Å²) in [5.74, 6) is -2.29. The number of pyridine rings is 1. The van der Waals surface area contributed by atoms with Crippen LogP contribution >= 0.6 is 0 Å². The van der Waals surface area contributed by atoms with Gasteiger partial charge in [0.15, 0.2) is 0 Å². The number of carbonyl (C=O) groups excluding carboxylic acids is 2. The van der Waals surface area contributed by atoms with Gasteiger partial charge in [0.05, 0.1) is 17.4 Å². The van der Waals surface area contributed by atoms with E-state index in [0.29, 0.717) is 12.3 Å². The van der Waals surface area contributed by atoms with Crippen LogP contribution in [0.3, 0.4) is 0 Å². The molecule has 1 amide bonds. The molecule has 1 aromatic carbocycles. The number of aliphatic hydroxyl groups is 1. The first-order valence-electron chi connectivity index (χ1n) is 9.13. The Bertz CT molecular complexity index is 921. The van der Waals surface area contributed by atoms with Crippen LogP contribution in [0.1, 0.15) is 30.1 Å². The molecule has 0 spiro atoms. The Hall–Kier alpha value is -3.06. The van der Waals surface area contributed by atoms with Crippen LogP contribution in [0.5, 0.6) is 0 Å². The molecule has 2 unspecified atom stereocenters. The van der Waals surface area contributed by atoms with Crippen LogP contribution in [0, 0.1) is 5.82 Å². The van der Waals surface area contributed by atoms with Crippen molar-refractivity contribution >= 4 is 17.4 Å². The van der Waals surface area contributed by atoms with E-state index < -0.39 is 23.5 Å². The van der Waals surface area contributed by atoms with Crippen LogP contribution in [-0.4, -0.2) is 45.9 Å². The first kappa shape index (κ1) is 18.3. The van der Waals surface area contributed by atoms with E-state index in [9.17, 15) is 19.1 Å². The standard InChI is InChI=1S/C21H19FN2O4/c22-14-8-6-13(7-9-14)19(25)17-18(16-5-1-2-10-23-16)24(21(27)20(17)26)12-15-4-3-11-28-15/h1-2,5-10,15,18,25H,3-4,11-12H2/b19-17-. The highest BCUT2D eigenvalue weighted by atomic mass is 19.1. The largest absolute Gasteiger partial charge is 0.507 e. The van der Waals surface area contributed by atoms with Crippen LogP contribution in [0.15, 0.2) is 54.2 Å². The van der Waals surface area contributed by atoms with Crippen molar-refractivity contribution in [1.29, 1.82) is 0 Å². The van der Waals surface area contributed by atoms with Crippen molar-refractivity contribution < 1.29 is 23.8 Å². The Balaban J connectivity index is 1.80. The van der Waals surface area contributed by atoms with Crippen LogP contribution in [0.4, 0.5) is 4.39 Å². The Morgan fingerprint density at radius 2 is 2.00 bits per heavy atom. The van der Waals surface area contributed by atoms with E-state index in [1.807, 2.05) is 0 Å². The Morgan fingerprint density at radius 3 is 2.64 bits per heavy atom. The molecule has 1 N–H and O–H groups in total. The predicted molar refractivity (Wildman–Crippen MR) is 98.6 cm³/mol. The van der Waals surface area contributed by atoms with Crippen molar-refractivity contribution in [1.82, 2.24) is 9.88 Å². The quantitative estimate of drug-likeness (QED) is 0.500.